The number of benzene rings is 2. The van der Waals surface area contributed by atoms with Crippen molar-refractivity contribution < 1.29 is 34.0 Å². The third kappa shape index (κ3) is 6.60. The fourth-order valence-corrected chi connectivity index (χ4v) is 5.66. The predicted molar refractivity (Wildman–Crippen MR) is 150 cm³/mol. The molecule has 0 fully saturated rings. The van der Waals surface area contributed by atoms with E-state index in [0.29, 0.717) is 27.9 Å². The van der Waals surface area contributed by atoms with Crippen molar-refractivity contribution >= 4 is 28.9 Å². The molecule has 40 heavy (non-hydrogen) atoms. The number of rotatable bonds is 10. The monoisotopic (exact) mass is 569 g/mol. The van der Waals surface area contributed by atoms with Gasteiger partial charge in [-0.1, -0.05) is 43.7 Å². The minimum Gasteiger partial charge on any atom is -0.493 e. The quantitative estimate of drug-likeness (QED) is 0.375. The van der Waals surface area contributed by atoms with Gasteiger partial charge in [0.15, 0.2) is 11.5 Å². The van der Waals surface area contributed by atoms with E-state index >= 15 is 0 Å². The molecule has 2 heterocycles. The van der Waals surface area contributed by atoms with Gasteiger partial charge in [-0.2, -0.15) is 0 Å². The van der Waals surface area contributed by atoms with Crippen molar-refractivity contribution in [2.75, 3.05) is 32.3 Å². The Kier molecular flexibility index (Phi) is 9.07. The fourth-order valence-electron chi connectivity index (χ4n) is 4.79. The number of anilines is 1. The van der Waals surface area contributed by atoms with Gasteiger partial charge in [-0.05, 0) is 24.6 Å². The topological polar surface area (TPSA) is 131 Å². The Bertz CT molecular complexity index is 1370. The molecule has 1 aliphatic rings. The number of amides is 1. The standard InChI is InChI=1S/C29H35N3O7S/c1-17-9-10-20-18(11-17)12-22(19-7-6-8-21(37-4)27(19)38-5)39-23(28(36)32(20)15-29(2,3)16-33)13-24-30-31-25(40-24)14-26(34)35/h6-11,22-23,33H,12-16H2,1-5H3,(H,34,35)/t22-,23+/m0/s1. The van der Waals surface area contributed by atoms with E-state index in [1.807, 2.05) is 51.1 Å². The van der Waals surface area contributed by atoms with Crippen LogP contribution in [0.4, 0.5) is 5.69 Å². The number of aliphatic carboxylic acids is 1. The van der Waals surface area contributed by atoms with Crippen molar-refractivity contribution in [1.82, 2.24) is 10.2 Å². The second-order valence-electron chi connectivity index (χ2n) is 10.6. The number of nitrogens with zero attached hydrogens (tertiary/aromatic N) is 3. The molecule has 4 rings (SSSR count). The van der Waals surface area contributed by atoms with Crippen LogP contribution in [0.1, 0.15) is 46.7 Å². The van der Waals surface area contributed by atoms with Gasteiger partial charge in [0, 0.05) is 42.7 Å². The molecule has 2 aromatic carbocycles. The molecule has 214 valence electrons. The fraction of sp³-hybridized carbons (Fsp3) is 0.448. The van der Waals surface area contributed by atoms with Crippen molar-refractivity contribution in [3.8, 4) is 11.5 Å². The zero-order chi connectivity index (χ0) is 29.0. The molecule has 1 aromatic heterocycles. The van der Waals surface area contributed by atoms with Crippen LogP contribution in [-0.2, 0) is 33.6 Å². The largest absolute Gasteiger partial charge is 0.493 e. The highest BCUT2D eigenvalue weighted by Crippen LogP contribution is 2.41. The van der Waals surface area contributed by atoms with Gasteiger partial charge in [0.1, 0.15) is 16.1 Å². The van der Waals surface area contributed by atoms with Crippen molar-refractivity contribution in [2.24, 2.45) is 5.41 Å². The minimum absolute atomic E-state index is 0.107. The van der Waals surface area contributed by atoms with E-state index in [1.54, 1.807) is 25.2 Å². The van der Waals surface area contributed by atoms with Crippen LogP contribution < -0.4 is 14.4 Å². The Morgan fingerprint density at radius 2 is 1.93 bits per heavy atom. The summed E-state index contributed by atoms with van der Waals surface area (Å²) in [5.74, 6) is -0.218. The average molecular weight is 570 g/mol. The molecular weight excluding hydrogens is 534 g/mol. The summed E-state index contributed by atoms with van der Waals surface area (Å²) < 4.78 is 17.9. The molecule has 3 aromatic rings. The van der Waals surface area contributed by atoms with Gasteiger partial charge in [0.25, 0.3) is 5.91 Å². The molecule has 0 saturated carbocycles. The van der Waals surface area contributed by atoms with Gasteiger partial charge in [0.2, 0.25) is 0 Å². The van der Waals surface area contributed by atoms with E-state index < -0.39 is 23.6 Å². The summed E-state index contributed by atoms with van der Waals surface area (Å²) in [4.78, 5) is 27.2. The first-order chi connectivity index (χ1) is 19.0. The molecule has 0 aliphatic carbocycles. The summed E-state index contributed by atoms with van der Waals surface area (Å²) in [5.41, 5.74) is 2.88. The molecule has 1 aliphatic heterocycles. The smallest absolute Gasteiger partial charge is 0.310 e. The van der Waals surface area contributed by atoms with Crippen LogP contribution in [0.5, 0.6) is 11.5 Å². The zero-order valence-corrected chi connectivity index (χ0v) is 24.2. The molecule has 0 spiro atoms. The molecule has 0 saturated heterocycles. The number of hydrogen-bond acceptors (Lipinski definition) is 9. The lowest BCUT2D eigenvalue weighted by molar-refractivity contribution is -0.136. The van der Waals surface area contributed by atoms with Crippen LogP contribution in [0.2, 0.25) is 0 Å². The Balaban J connectivity index is 1.83. The second kappa shape index (κ2) is 12.3. The number of carbonyl (C=O) groups excluding carboxylic acids is 1. The van der Waals surface area contributed by atoms with E-state index in [4.69, 9.17) is 19.3 Å². The molecule has 0 bridgehead atoms. The van der Waals surface area contributed by atoms with Crippen molar-refractivity contribution in [1.29, 1.82) is 0 Å². The lowest BCUT2D eigenvalue weighted by Gasteiger charge is -2.38. The van der Waals surface area contributed by atoms with Crippen LogP contribution in [0.25, 0.3) is 0 Å². The summed E-state index contributed by atoms with van der Waals surface area (Å²) >= 11 is 1.15. The Hall–Kier alpha value is -3.54. The number of carboxylic acid groups (broad SMARTS) is 1. The van der Waals surface area contributed by atoms with E-state index in [2.05, 4.69) is 10.2 Å². The van der Waals surface area contributed by atoms with Crippen LogP contribution in [0.3, 0.4) is 0 Å². The number of aromatic nitrogens is 2. The Morgan fingerprint density at radius 3 is 2.60 bits per heavy atom. The maximum absolute atomic E-state index is 14.3. The molecule has 2 atom stereocenters. The van der Waals surface area contributed by atoms with Gasteiger partial charge in [-0.25, -0.2) is 0 Å². The summed E-state index contributed by atoms with van der Waals surface area (Å²) in [6.07, 6.45) is -1.23. The lowest BCUT2D eigenvalue weighted by Crippen LogP contribution is -2.48. The lowest BCUT2D eigenvalue weighted by atomic mass is 9.91. The number of fused-ring (bicyclic) bond motifs is 1. The first-order valence-electron chi connectivity index (χ1n) is 13.0. The third-order valence-electron chi connectivity index (χ3n) is 6.77. The molecular formula is C29H35N3O7S. The van der Waals surface area contributed by atoms with Crippen molar-refractivity contribution in [2.45, 2.75) is 52.2 Å². The Morgan fingerprint density at radius 1 is 1.18 bits per heavy atom. The maximum atomic E-state index is 14.3. The number of aliphatic hydroxyl groups excluding tert-OH is 1. The summed E-state index contributed by atoms with van der Waals surface area (Å²) in [6, 6.07) is 11.5. The molecule has 0 unspecified atom stereocenters. The number of ether oxygens (including phenoxy) is 3. The Labute approximate surface area is 237 Å². The number of para-hydroxylation sites is 1. The second-order valence-corrected chi connectivity index (χ2v) is 11.8. The predicted octanol–water partition coefficient (Wildman–Crippen LogP) is 3.77. The summed E-state index contributed by atoms with van der Waals surface area (Å²) in [6.45, 7) is 5.96. The first-order valence-corrected chi connectivity index (χ1v) is 13.8. The highest BCUT2D eigenvalue weighted by atomic mass is 32.1. The number of aryl methyl sites for hydroxylation is 1. The number of aliphatic hydroxyl groups is 1. The van der Waals surface area contributed by atoms with Crippen LogP contribution >= 0.6 is 11.3 Å². The van der Waals surface area contributed by atoms with Crippen molar-refractivity contribution in [3.05, 3.63) is 63.1 Å². The maximum Gasteiger partial charge on any atom is 0.310 e. The molecule has 2 N–H and O–H groups in total. The number of carboxylic acids is 1. The molecule has 10 nitrogen and oxygen atoms in total. The van der Waals surface area contributed by atoms with Crippen molar-refractivity contribution in [3.63, 3.8) is 0 Å². The first kappa shape index (κ1) is 29.4. The number of hydrogen-bond donors (Lipinski definition) is 2. The zero-order valence-electron chi connectivity index (χ0n) is 23.3. The highest BCUT2D eigenvalue weighted by molar-refractivity contribution is 7.11. The summed E-state index contributed by atoms with van der Waals surface area (Å²) in [7, 11) is 3.13. The van der Waals surface area contributed by atoms with Gasteiger partial charge in [-0.3, -0.25) is 9.59 Å². The third-order valence-corrected chi connectivity index (χ3v) is 7.71. The molecule has 0 radical (unpaired) electrons. The molecule has 11 heteroatoms. The minimum atomic E-state index is -1.00. The number of methoxy groups -OCH3 is 2. The summed E-state index contributed by atoms with van der Waals surface area (Å²) in [5, 5.41) is 28.2. The van der Waals surface area contributed by atoms with Crippen LogP contribution in [-0.4, -0.2) is 65.8 Å². The molecule has 1 amide bonds. The normalized spacial score (nSPS) is 17.6. The number of carbonyl (C=O) groups is 2. The SMILES string of the molecule is COc1cccc([C@@H]2Cc3cc(C)ccc3N(CC(C)(C)CO)C(=O)[C@@H](Cc3nnc(CC(=O)O)s3)O2)c1OC. The van der Waals surface area contributed by atoms with Gasteiger partial charge in [0.05, 0.1) is 26.7 Å². The van der Waals surface area contributed by atoms with Crippen LogP contribution in [0.15, 0.2) is 36.4 Å². The van der Waals surface area contributed by atoms with E-state index in [-0.39, 0.29) is 31.9 Å². The highest BCUT2D eigenvalue weighted by Gasteiger charge is 2.38. The average Bonchev–Trinajstić information content (AvgIpc) is 3.35. The van der Waals surface area contributed by atoms with Gasteiger partial charge in [-0.15, -0.1) is 21.5 Å². The van der Waals surface area contributed by atoms with E-state index in [0.717, 1.165) is 33.7 Å². The van der Waals surface area contributed by atoms with Gasteiger partial charge < -0.3 is 29.3 Å². The van der Waals surface area contributed by atoms with Gasteiger partial charge >= 0.3 is 5.97 Å². The van der Waals surface area contributed by atoms with Crippen LogP contribution in [0, 0.1) is 12.3 Å². The van der Waals surface area contributed by atoms with E-state index in [1.165, 1.54) is 0 Å². The van der Waals surface area contributed by atoms with E-state index in [9.17, 15) is 14.7 Å².